The van der Waals surface area contributed by atoms with Crippen LogP contribution in [0.5, 0.6) is 0 Å². The Kier molecular flexibility index (Phi) is 4.03. The molecule has 0 spiro atoms. The normalized spacial score (nSPS) is 10.0. The monoisotopic (exact) mass is 209 g/mol. The number of rotatable bonds is 4. The number of carbonyl (C=O) groups excluding carboxylic acids is 1. The molecule has 1 heterocycles. The molecule has 2 N–H and O–H groups in total. The second-order valence-corrected chi connectivity index (χ2v) is 3.19. The Morgan fingerprint density at radius 3 is 2.87 bits per heavy atom. The molecule has 0 bridgehead atoms. The molecule has 0 aliphatic heterocycles. The van der Waals surface area contributed by atoms with Crippen molar-refractivity contribution in [2.45, 2.75) is 26.7 Å². The van der Waals surface area contributed by atoms with Gasteiger partial charge in [-0.05, 0) is 13.3 Å². The molecule has 1 aromatic heterocycles. The number of nitrogens with one attached hydrogen (secondary N) is 2. The second kappa shape index (κ2) is 5.29. The van der Waals surface area contributed by atoms with E-state index in [1.807, 2.05) is 13.8 Å². The summed E-state index contributed by atoms with van der Waals surface area (Å²) in [6, 6.07) is 1.21. The SMILES string of the molecule is CCCc1nc(=O)cc(C(=O)NCC)[nH]1. The Bertz CT molecular complexity index is 398. The molecule has 15 heavy (non-hydrogen) atoms. The van der Waals surface area contributed by atoms with E-state index in [0.29, 0.717) is 18.8 Å². The van der Waals surface area contributed by atoms with Crippen molar-refractivity contribution in [3.05, 3.63) is 27.9 Å². The first kappa shape index (κ1) is 11.4. The first-order valence-corrected chi connectivity index (χ1v) is 5.05. The average Bonchev–Trinajstić information content (AvgIpc) is 2.17. The fourth-order valence-corrected chi connectivity index (χ4v) is 1.24. The van der Waals surface area contributed by atoms with Gasteiger partial charge in [0.2, 0.25) is 0 Å². The molecule has 82 valence electrons. The minimum Gasteiger partial charge on any atom is -0.351 e. The van der Waals surface area contributed by atoms with E-state index in [1.165, 1.54) is 6.07 Å². The Morgan fingerprint density at radius 2 is 2.27 bits per heavy atom. The van der Waals surface area contributed by atoms with Crippen molar-refractivity contribution in [3.63, 3.8) is 0 Å². The second-order valence-electron chi connectivity index (χ2n) is 3.19. The molecule has 0 fully saturated rings. The predicted molar refractivity (Wildman–Crippen MR) is 56.9 cm³/mol. The van der Waals surface area contributed by atoms with Gasteiger partial charge in [0.05, 0.1) is 0 Å². The Labute approximate surface area is 87.9 Å². The largest absolute Gasteiger partial charge is 0.351 e. The number of H-pyrrole nitrogens is 1. The fourth-order valence-electron chi connectivity index (χ4n) is 1.24. The van der Waals surface area contributed by atoms with E-state index >= 15 is 0 Å². The maximum atomic E-state index is 11.4. The van der Waals surface area contributed by atoms with Gasteiger partial charge in [-0.1, -0.05) is 6.92 Å². The molecular weight excluding hydrogens is 194 g/mol. The van der Waals surface area contributed by atoms with Crippen LogP contribution in [0.15, 0.2) is 10.9 Å². The molecule has 1 rings (SSSR count). The Morgan fingerprint density at radius 1 is 1.53 bits per heavy atom. The Balaban J connectivity index is 2.98. The maximum absolute atomic E-state index is 11.4. The van der Waals surface area contributed by atoms with E-state index < -0.39 is 0 Å². The van der Waals surface area contributed by atoms with Crippen LogP contribution in [0, 0.1) is 0 Å². The van der Waals surface area contributed by atoms with Crippen molar-refractivity contribution >= 4 is 5.91 Å². The highest BCUT2D eigenvalue weighted by atomic mass is 16.2. The molecule has 5 nitrogen and oxygen atoms in total. The van der Waals surface area contributed by atoms with E-state index in [1.54, 1.807) is 0 Å². The van der Waals surface area contributed by atoms with E-state index in [4.69, 9.17) is 0 Å². The van der Waals surface area contributed by atoms with Crippen LogP contribution >= 0.6 is 0 Å². The molecule has 1 aromatic rings. The first-order chi connectivity index (χ1) is 7.17. The molecule has 0 aliphatic rings. The Hall–Kier alpha value is -1.65. The van der Waals surface area contributed by atoms with Crippen molar-refractivity contribution < 1.29 is 4.79 Å². The van der Waals surface area contributed by atoms with Gasteiger partial charge in [-0.2, -0.15) is 4.98 Å². The zero-order valence-corrected chi connectivity index (χ0v) is 8.96. The minimum absolute atomic E-state index is 0.269. The van der Waals surface area contributed by atoms with Crippen LogP contribution in [-0.4, -0.2) is 22.4 Å². The standard InChI is InChI=1S/C10H15N3O2/c1-3-5-8-12-7(6-9(14)13-8)10(15)11-4-2/h6H,3-5H2,1-2H3,(H,11,15)(H,12,13,14). The summed E-state index contributed by atoms with van der Waals surface area (Å²) >= 11 is 0. The van der Waals surface area contributed by atoms with Gasteiger partial charge in [0, 0.05) is 19.0 Å². The molecule has 0 radical (unpaired) electrons. The number of carbonyl (C=O) groups is 1. The first-order valence-electron chi connectivity index (χ1n) is 5.05. The van der Waals surface area contributed by atoms with Gasteiger partial charge < -0.3 is 10.3 Å². The van der Waals surface area contributed by atoms with E-state index in [2.05, 4.69) is 15.3 Å². The number of hydrogen-bond acceptors (Lipinski definition) is 3. The van der Waals surface area contributed by atoms with Crippen molar-refractivity contribution in [3.8, 4) is 0 Å². The van der Waals surface area contributed by atoms with Gasteiger partial charge in [-0.25, -0.2) is 0 Å². The summed E-state index contributed by atoms with van der Waals surface area (Å²) < 4.78 is 0. The lowest BCUT2D eigenvalue weighted by Gasteiger charge is -2.03. The van der Waals surface area contributed by atoms with Crippen molar-refractivity contribution in [2.24, 2.45) is 0 Å². The van der Waals surface area contributed by atoms with E-state index in [9.17, 15) is 9.59 Å². The van der Waals surface area contributed by atoms with Crippen LogP contribution in [0.1, 0.15) is 36.6 Å². The lowest BCUT2D eigenvalue weighted by atomic mass is 10.3. The smallest absolute Gasteiger partial charge is 0.273 e. The van der Waals surface area contributed by atoms with Crippen molar-refractivity contribution in [1.82, 2.24) is 15.3 Å². The van der Waals surface area contributed by atoms with Gasteiger partial charge in [-0.15, -0.1) is 0 Å². The van der Waals surface area contributed by atoms with Gasteiger partial charge in [0.1, 0.15) is 11.5 Å². The number of aromatic amines is 1. The summed E-state index contributed by atoms with van der Waals surface area (Å²) in [6.07, 6.45) is 1.55. The van der Waals surface area contributed by atoms with Gasteiger partial charge >= 0.3 is 0 Å². The van der Waals surface area contributed by atoms with Crippen molar-refractivity contribution in [2.75, 3.05) is 6.54 Å². The summed E-state index contributed by atoms with van der Waals surface area (Å²) in [5, 5.41) is 2.62. The van der Waals surface area contributed by atoms with Gasteiger partial charge in [-0.3, -0.25) is 9.59 Å². The number of nitrogens with zero attached hydrogens (tertiary/aromatic N) is 1. The average molecular weight is 209 g/mol. The summed E-state index contributed by atoms with van der Waals surface area (Å²) in [7, 11) is 0. The summed E-state index contributed by atoms with van der Waals surface area (Å²) in [5.74, 6) is 0.292. The third-order valence-electron chi connectivity index (χ3n) is 1.86. The lowest BCUT2D eigenvalue weighted by molar-refractivity contribution is 0.0950. The highest BCUT2D eigenvalue weighted by Gasteiger charge is 2.07. The number of amides is 1. The highest BCUT2D eigenvalue weighted by molar-refractivity contribution is 5.92. The molecule has 0 aromatic carbocycles. The molecular formula is C10H15N3O2. The van der Waals surface area contributed by atoms with E-state index in [-0.39, 0.29) is 17.2 Å². The third-order valence-corrected chi connectivity index (χ3v) is 1.86. The van der Waals surface area contributed by atoms with E-state index in [0.717, 1.165) is 6.42 Å². The number of hydrogen-bond donors (Lipinski definition) is 2. The van der Waals surface area contributed by atoms with Crippen LogP contribution in [0.4, 0.5) is 0 Å². The summed E-state index contributed by atoms with van der Waals surface area (Å²) in [4.78, 5) is 29.3. The van der Waals surface area contributed by atoms with Crippen LogP contribution in [-0.2, 0) is 6.42 Å². The minimum atomic E-state index is -0.376. The number of aryl methyl sites for hydroxylation is 1. The molecule has 0 saturated carbocycles. The molecule has 0 saturated heterocycles. The zero-order valence-electron chi connectivity index (χ0n) is 8.96. The van der Waals surface area contributed by atoms with Gasteiger partial charge in [0.15, 0.2) is 0 Å². The summed E-state index contributed by atoms with van der Waals surface area (Å²) in [5.41, 5.74) is -0.0984. The highest BCUT2D eigenvalue weighted by Crippen LogP contribution is 1.95. The lowest BCUT2D eigenvalue weighted by Crippen LogP contribution is -2.26. The van der Waals surface area contributed by atoms with Crippen LogP contribution < -0.4 is 10.9 Å². The topological polar surface area (TPSA) is 74.8 Å². The predicted octanol–water partition coefficient (Wildman–Crippen LogP) is 0.472. The van der Waals surface area contributed by atoms with Crippen LogP contribution in [0.3, 0.4) is 0 Å². The zero-order chi connectivity index (χ0) is 11.3. The maximum Gasteiger partial charge on any atom is 0.273 e. The molecule has 0 unspecified atom stereocenters. The number of aromatic nitrogens is 2. The molecule has 5 heteroatoms. The molecule has 1 amide bonds. The van der Waals surface area contributed by atoms with Crippen molar-refractivity contribution in [1.29, 1.82) is 0 Å². The van der Waals surface area contributed by atoms with Crippen LogP contribution in [0.2, 0.25) is 0 Å². The molecule has 0 aliphatic carbocycles. The van der Waals surface area contributed by atoms with Gasteiger partial charge in [0.25, 0.3) is 11.5 Å². The third kappa shape index (κ3) is 3.19. The fraction of sp³-hybridized carbons (Fsp3) is 0.500. The quantitative estimate of drug-likeness (QED) is 0.757. The summed E-state index contributed by atoms with van der Waals surface area (Å²) in [6.45, 7) is 4.34. The van der Waals surface area contributed by atoms with Crippen LogP contribution in [0.25, 0.3) is 0 Å². The molecule has 0 atom stereocenters.